The second-order valence-corrected chi connectivity index (χ2v) is 5.67. The molecular formula is C19H12N4O4. The summed E-state index contributed by atoms with van der Waals surface area (Å²) in [6.45, 7) is 0. The fourth-order valence-corrected chi connectivity index (χ4v) is 2.75. The third kappa shape index (κ3) is 3.11. The van der Waals surface area contributed by atoms with Gasteiger partial charge in [0.25, 0.3) is 11.6 Å². The number of benzene rings is 2. The highest BCUT2D eigenvalue weighted by Gasteiger charge is 2.25. The Hall–Kier alpha value is -4.07. The van der Waals surface area contributed by atoms with Crippen LogP contribution in [0.1, 0.15) is 11.3 Å². The molecule has 0 bridgehead atoms. The predicted molar refractivity (Wildman–Crippen MR) is 100 cm³/mol. The number of hydrogen-bond acceptors (Lipinski definition) is 6. The van der Waals surface area contributed by atoms with Crippen LogP contribution in [0.15, 0.2) is 75.3 Å². The van der Waals surface area contributed by atoms with E-state index in [2.05, 4.69) is 15.5 Å². The summed E-state index contributed by atoms with van der Waals surface area (Å²) in [6.07, 6.45) is 1.35. The van der Waals surface area contributed by atoms with E-state index in [1.807, 2.05) is 12.1 Å². The van der Waals surface area contributed by atoms with Crippen LogP contribution >= 0.6 is 0 Å². The molecule has 0 spiro atoms. The van der Waals surface area contributed by atoms with Crippen LogP contribution in [0.2, 0.25) is 0 Å². The first-order valence-electron chi connectivity index (χ1n) is 7.99. The number of nitro groups is 1. The zero-order valence-corrected chi connectivity index (χ0v) is 13.8. The maximum absolute atomic E-state index is 12.0. The molecule has 0 saturated heterocycles. The molecule has 0 unspecified atom stereocenters. The number of para-hydroxylation sites is 2. The smallest absolute Gasteiger partial charge is 0.280 e. The van der Waals surface area contributed by atoms with Gasteiger partial charge in [-0.15, -0.1) is 5.10 Å². The summed E-state index contributed by atoms with van der Waals surface area (Å²) in [6, 6.07) is 16.7. The lowest BCUT2D eigenvalue weighted by Crippen LogP contribution is -2.13. The van der Waals surface area contributed by atoms with Crippen LogP contribution < -0.4 is 5.32 Å². The number of nitrogens with zero attached hydrogens (tertiary/aromatic N) is 3. The first-order valence-corrected chi connectivity index (χ1v) is 7.99. The van der Waals surface area contributed by atoms with Gasteiger partial charge >= 0.3 is 0 Å². The monoisotopic (exact) mass is 360 g/mol. The predicted octanol–water partition coefficient (Wildman–Crippen LogP) is 3.63. The number of anilines is 1. The maximum atomic E-state index is 12.0. The SMILES string of the molecule is O=C1Nc2ccccc2/C1=N/N=Cc1ccc(-c2ccccc2[N+](=O)[O-])o1. The lowest BCUT2D eigenvalue weighted by molar-refractivity contribution is -0.384. The summed E-state index contributed by atoms with van der Waals surface area (Å²) < 4.78 is 5.60. The average Bonchev–Trinajstić information content (AvgIpc) is 3.26. The summed E-state index contributed by atoms with van der Waals surface area (Å²) in [4.78, 5) is 22.6. The Bertz CT molecular complexity index is 1110. The van der Waals surface area contributed by atoms with Crippen LogP contribution in [0.5, 0.6) is 0 Å². The zero-order chi connectivity index (χ0) is 18.8. The van der Waals surface area contributed by atoms with Crippen molar-refractivity contribution in [2.75, 3.05) is 5.32 Å². The van der Waals surface area contributed by atoms with Crippen molar-refractivity contribution < 1.29 is 14.1 Å². The first kappa shape index (κ1) is 16.4. The minimum atomic E-state index is -0.465. The van der Waals surface area contributed by atoms with E-state index >= 15 is 0 Å². The van der Waals surface area contributed by atoms with Gasteiger partial charge in [0.15, 0.2) is 5.71 Å². The Morgan fingerprint density at radius 1 is 1.00 bits per heavy atom. The standard InChI is InChI=1S/C19H12N4O4/c24-19-18(13-5-1-3-7-15(13)21-19)22-20-11-12-9-10-17(27-12)14-6-2-4-8-16(14)23(25)26/h1-11H,(H,21,22,24). The fourth-order valence-electron chi connectivity index (χ4n) is 2.75. The van der Waals surface area contributed by atoms with Crippen molar-refractivity contribution in [3.8, 4) is 11.3 Å². The highest BCUT2D eigenvalue weighted by atomic mass is 16.6. The summed E-state index contributed by atoms with van der Waals surface area (Å²) in [5, 5.41) is 21.7. The summed E-state index contributed by atoms with van der Waals surface area (Å²) in [5.74, 6) is 0.382. The van der Waals surface area contributed by atoms with Gasteiger partial charge in [0.05, 0.1) is 22.4 Å². The van der Waals surface area contributed by atoms with Crippen LogP contribution in [-0.4, -0.2) is 22.8 Å². The molecule has 3 aromatic rings. The van der Waals surface area contributed by atoms with E-state index in [9.17, 15) is 14.9 Å². The first-order chi connectivity index (χ1) is 13.1. The minimum Gasteiger partial charge on any atom is -0.455 e. The Morgan fingerprint density at radius 3 is 2.56 bits per heavy atom. The van der Waals surface area contributed by atoms with Crippen molar-refractivity contribution in [3.05, 3.63) is 82.1 Å². The van der Waals surface area contributed by atoms with E-state index in [4.69, 9.17) is 4.42 Å². The number of nitrogens with one attached hydrogen (secondary N) is 1. The Labute approximate surface area is 153 Å². The van der Waals surface area contributed by atoms with Gasteiger partial charge in [0.1, 0.15) is 11.5 Å². The third-order valence-electron chi connectivity index (χ3n) is 3.98. The molecule has 1 aromatic heterocycles. The number of rotatable bonds is 4. The van der Waals surface area contributed by atoms with Gasteiger partial charge in [-0.25, -0.2) is 0 Å². The molecule has 8 heteroatoms. The largest absolute Gasteiger partial charge is 0.455 e. The maximum Gasteiger partial charge on any atom is 0.280 e. The molecule has 1 aliphatic rings. The van der Waals surface area contributed by atoms with E-state index in [0.29, 0.717) is 28.3 Å². The van der Waals surface area contributed by atoms with Gasteiger partial charge in [0.2, 0.25) is 0 Å². The van der Waals surface area contributed by atoms with Crippen LogP contribution in [0, 0.1) is 10.1 Å². The Morgan fingerprint density at radius 2 is 1.74 bits per heavy atom. The quantitative estimate of drug-likeness (QED) is 0.435. The van der Waals surface area contributed by atoms with E-state index in [1.54, 1.807) is 42.5 Å². The van der Waals surface area contributed by atoms with Gasteiger partial charge in [0, 0.05) is 11.6 Å². The molecule has 0 radical (unpaired) electrons. The zero-order valence-electron chi connectivity index (χ0n) is 13.8. The molecule has 4 rings (SSSR count). The average molecular weight is 360 g/mol. The van der Waals surface area contributed by atoms with Crippen molar-refractivity contribution in [1.29, 1.82) is 0 Å². The number of carbonyl (C=O) groups is 1. The van der Waals surface area contributed by atoms with Crippen molar-refractivity contribution in [2.45, 2.75) is 0 Å². The lowest BCUT2D eigenvalue weighted by Gasteiger charge is -1.98. The normalized spacial score (nSPS) is 14.5. The van der Waals surface area contributed by atoms with Gasteiger partial charge in [-0.05, 0) is 24.3 Å². The van der Waals surface area contributed by atoms with Crippen LogP contribution in [0.25, 0.3) is 11.3 Å². The van der Waals surface area contributed by atoms with Gasteiger partial charge in [-0.3, -0.25) is 14.9 Å². The van der Waals surface area contributed by atoms with Crippen LogP contribution in [0.4, 0.5) is 11.4 Å². The second-order valence-electron chi connectivity index (χ2n) is 5.67. The van der Waals surface area contributed by atoms with E-state index in [1.165, 1.54) is 12.3 Å². The molecule has 1 N–H and O–H groups in total. The van der Waals surface area contributed by atoms with Crippen molar-refractivity contribution in [1.82, 2.24) is 0 Å². The molecule has 0 saturated carbocycles. The molecule has 1 aliphatic heterocycles. The molecule has 8 nitrogen and oxygen atoms in total. The van der Waals surface area contributed by atoms with E-state index in [0.717, 1.165) is 0 Å². The third-order valence-corrected chi connectivity index (χ3v) is 3.98. The van der Waals surface area contributed by atoms with Gasteiger partial charge in [-0.1, -0.05) is 30.3 Å². The number of carbonyl (C=O) groups excluding carboxylic acids is 1. The minimum absolute atomic E-state index is 0.0465. The summed E-state index contributed by atoms with van der Waals surface area (Å²) in [5.41, 5.74) is 1.91. The molecule has 0 aliphatic carbocycles. The molecule has 0 atom stereocenters. The van der Waals surface area contributed by atoms with E-state index in [-0.39, 0.29) is 17.3 Å². The van der Waals surface area contributed by atoms with Crippen molar-refractivity contribution in [3.63, 3.8) is 0 Å². The molecule has 2 heterocycles. The molecule has 0 fully saturated rings. The number of fused-ring (bicyclic) bond motifs is 1. The number of amides is 1. The number of nitro benzene ring substituents is 1. The molecular weight excluding hydrogens is 348 g/mol. The van der Waals surface area contributed by atoms with Crippen LogP contribution in [-0.2, 0) is 4.79 Å². The van der Waals surface area contributed by atoms with Crippen molar-refractivity contribution in [2.24, 2.45) is 10.2 Å². The van der Waals surface area contributed by atoms with Crippen molar-refractivity contribution >= 4 is 29.2 Å². The van der Waals surface area contributed by atoms with Gasteiger partial charge < -0.3 is 9.73 Å². The molecule has 1 amide bonds. The molecule has 27 heavy (non-hydrogen) atoms. The lowest BCUT2D eigenvalue weighted by atomic mass is 10.1. The highest BCUT2D eigenvalue weighted by Crippen LogP contribution is 2.30. The van der Waals surface area contributed by atoms with Crippen LogP contribution in [0.3, 0.4) is 0 Å². The molecule has 2 aromatic carbocycles. The topological polar surface area (TPSA) is 110 Å². The van der Waals surface area contributed by atoms with E-state index < -0.39 is 4.92 Å². The summed E-state index contributed by atoms with van der Waals surface area (Å²) in [7, 11) is 0. The van der Waals surface area contributed by atoms with Gasteiger partial charge in [-0.2, -0.15) is 5.10 Å². The highest BCUT2D eigenvalue weighted by molar-refractivity contribution is 6.53. The Balaban J connectivity index is 1.59. The Kier molecular flexibility index (Phi) is 4.06. The second kappa shape index (κ2) is 6.68. The number of furan rings is 1. The fraction of sp³-hybridized carbons (Fsp3) is 0. The molecule has 132 valence electrons. The number of hydrogen-bond donors (Lipinski definition) is 1. The summed E-state index contributed by atoms with van der Waals surface area (Å²) >= 11 is 0.